The number of hydrogen-bond acceptors (Lipinski definition) is 6. The number of ether oxygens (including phenoxy) is 2. The smallest absolute Gasteiger partial charge is 0.229 e. The van der Waals surface area contributed by atoms with Gasteiger partial charge in [-0.3, -0.25) is 4.72 Å². The van der Waals surface area contributed by atoms with Gasteiger partial charge in [-0.15, -0.1) is 12.4 Å². The van der Waals surface area contributed by atoms with Crippen LogP contribution in [0, 0.1) is 6.92 Å². The van der Waals surface area contributed by atoms with E-state index in [4.69, 9.17) is 9.47 Å². The monoisotopic (exact) mass is 634 g/mol. The summed E-state index contributed by atoms with van der Waals surface area (Å²) >= 11 is 1.69. The van der Waals surface area contributed by atoms with Crippen LogP contribution in [0.25, 0.3) is 0 Å². The largest absolute Gasteiger partial charge is 0.493 e. The normalized spacial score (nSPS) is 10.9. The van der Waals surface area contributed by atoms with E-state index < -0.39 is 10.0 Å². The highest BCUT2D eigenvalue weighted by Crippen LogP contribution is 2.31. The summed E-state index contributed by atoms with van der Waals surface area (Å²) in [6.45, 7) is 3.85. The number of anilines is 2. The van der Waals surface area contributed by atoms with E-state index in [0.717, 1.165) is 40.3 Å². The molecule has 0 bridgehead atoms. The molecule has 5 aromatic rings. The predicted molar refractivity (Wildman–Crippen MR) is 180 cm³/mol. The van der Waals surface area contributed by atoms with Gasteiger partial charge in [0.25, 0.3) is 0 Å². The Hall–Kier alpha value is -3.98. The SMILES string of the molecule is Cc1c(NS(C)(=O)=O)cccc1N(Cc1ccccc1)Cc1ccc(Oc2cccc(OCCc3ccsc3)c2)cc1.Cl. The van der Waals surface area contributed by atoms with Crippen LogP contribution in [0.15, 0.2) is 114 Å². The van der Waals surface area contributed by atoms with E-state index >= 15 is 0 Å². The van der Waals surface area contributed by atoms with Crippen molar-refractivity contribution in [3.63, 3.8) is 0 Å². The van der Waals surface area contributed by atoms with Gasteiger partial charge in [0.05, 0.1) is 18.6 Å². The van der Waals surface area contributed by atoms with Crippen LogP contribution < -0.4 is 19.1 Å². The van der Waals surface area contributed by atoms with Crippen LogP contribution >= 0.6 is 23.7 Å². The van der Waals surface area contributed by atoms with Crippen LogP contribution in [0.4, 0.5) is 11.4 Å². The summed E-state index contributed by atoms with van der Waals surface area (Å²) < 4.78 is 38.6. The average molecular weight is 635 g/mol. The van der Waals surface area contributed by atoms with Crippen LogP contribution in [-0.2, 0) is 29.5 Å². The molecular weight excluding hydrogens is 600 g/mol. The number of halogens is 1. The molecule has 0 amide bonds. The Morgan fingerprint density at radius 3 is 2.16 bits per heavy atom. The topological polar surface area (TPSA) is 67.9 Å². The summed E-state index contributed by atoms with van der Waals surface area (Å²) in [4.78, 5) is 2.25. The van der Waals surface area contributed by atoms with Crippen molar-refractivity contribution < 1.29 is 17.9 Å². The molecule has 1 heterocycles. The first-order valence-electron chi connectivity index (χ1n) is 13.7. The van der Waals surface area contributed by atoms with Crippen LogP contribution in [-0.4, -0.2) is 21.3 Å². The third-order valence-electron chi connectivity index (χ3n) is 6.74. The molecule has 0 unspecified atom stereocenters. The van der Waals surface area contributed by atoms with Gasteiger partial charge >= 0.3 is 0 Å². The average Bonchev–Trinajstić information content (AvgIpc) is 3.49. The number of thiophene rings is 1. The molecule has 1 aromatic heterocycles. The van der Waals surface area contributed by atoms with Crippen molar-refractivity contribution in [1.82, 2.24) is 0 Å². The van der Waals surface area contributed by atoms with Crippen molar-refractivity contribution in [2.24, 2.45) is 0 Å². The fourth-order valence-corrected chi connectivity index (χ4v) is 6.00. The quantitative estimate of drug-likeness (QED) is 0.141. The van der Waals surface area contributed by atoms with Crippen molar-refractivity contribution in [1.29, 1.82) is 0 Å². The first kappa shape index (κ1) is 31.9. The van der Waals surface area contributed by atoms with E-state index in [1.54, 1.807) is 17.4 Å². The minimum absolute atomic E-state index is 0. The molecule has 0 atom stereocenters. The van der Waals surface area contributed by atoms with Gasteiger partial charge in [-0.2, -0.15) is 11.3 Å². The predicted octanol–water partition coefficient (Wildman–Crippen LogP) is 8.47. The maximum Gasteiger partial charge on any atom is 0.229 e. The molecular formula is C34H35ClN2O4S2. The Balaban J connectivity index is 0.00000423. The van der Waals surface area contributed by atoms with E-state index in [0.29, 0.717) is 31.1 Å². The highest BCUT2D eigenvalue weighted by molar-refractivity contribution is 7.92. The molecule has 0 fully saturated rings. The van der Waals surface area contributed by atoms with Gasteiger partial charge in [0.15, 0.2) is 0 Å². The minimum Gasteiger partial charge on any atom is -0.493 e. The number of sulfonamides is 1. The minimum atomic E-state index is -3.40. The summed E-state index contributed by atoms with van der Waals surface area (Å²) in [7, 11) is -3.40. The molecule has 0 spiro atoms. The van der Waals surface area contributed by atoms with Crippen molar-refractivity contribution in [2.45, 2.75) is 26.4 Å². The highest BCUT2D eigenvalue weighted by Gasteiger charge is 2.15. The van der Waals surface area contributed by atoms with Crippen LogP contribution in [0.3, 0.4) is 0 Å². The van der Waals surface area contributed by atoms with E-state index in [-0.39, 0.29) is 12.4 Å². The van der Waals surface area contributed by atoms with Gasteiger partial charge in [0.2, 0.25) is 10.0 Å². The number of rotatable bonds is 13. The summed E-state index contributed by atoms with van der Waals surface area (Å²) in [6, 6.07) is 33.8. The van der Waals surface area contributed by atoms with Crippen molar-refractivity contribution >= 4 is 45.1 Å². The summed E-state index contributed by atoms with van der Waals surface area (Å²) in [5.74, 6) is 2.23. The molecule has 0 radical (unpaired) electrons. The molecule has 0 aliphatic carbocycles. The Kier molecular flexibility index (Phi) is 11.1. The number of nitrogens with one attached hydrogen (secondary N) is 1. The van der Waals surface area contributed by atoms with E-state index in [9.17, 15) is 8.42 Å². The molecule has 0 saturated carbocycles. The maximum absolute atomic E-state index is 11.9. The summed E-state index contributed by atoms with van der Waals surface area (Å²) in [5, 5.41) is 4.22. The lowest BCUT2D eigenvalue weighted by molar-refractivity contribution is 0.320. The first-order valence-corrected chi connectivity index (χ1v) is 16.5. The van der Waals surface area contributed by atoms with Gasteiger partial charge in [0.1, 0.15) is 17.2 Å². The molecule has 43 heavy (non-hydrogen) atoms. The van der Waals surface area contributed by atoms with E-state index in [1.165, 1.54) is 11.8 Å². The van der Waals surface area contributed by atoms with Gasteiger partial charge in [-0.1, -0.05) is 54.6 Å². The zero-order chi connectivity index (χ0) is 29.4. The third-order valence-corrected chi connectivity index (χ3v) is 8.06. The highest BCUT2D eigenvalue weighted by atomic mass is 35.5. The second kappa shape index (κ2) is 15.0. The second-order valence-corrected chi connectivity index (χ2v) is 12.6. The van der Waals surface area contributed by atoms with Gasteiger partial charge in [-0.25, -0.2) is 8.42 Å². The Labute approximate surface area is 264 Å². The molecule has 4 aromatic carbocycles. The molecule has 6 nitrogen and oxygen atoms in total. The molecule has 9 heteroatoms. The lowest BCUT2D eigenvalue weighted by Gasteiger charge is -2.28. The molecule has 0 aliphatic heterocycles. The Morgan fingerprint density at radius 1 is 0.767 bits per heavy atom. The Bertz CT molecular complexity index is 1690. The zero-order valence-corrected chi connectivity index (χ0v) is 26.6. The van der Waals surface area contributed by atoms with E-state index in [1.807, 2.05) is 73.7 Å². The van der Waals surface area contributed by atoms with Crippen molar-refractivity contribution in [3.05, 3.63) is 136 Å². The second-order valence-electron chi connectivity index (χ2n) is 10.1. The molecule has 224 valence electrons. The molecule has 5 rings (SSSR count). The molecule has 1 N–H and O–H groups in total. The van der Waals surface area contributed by atoms with Crippen molar-refractivity contribution in [2.75, 3.05) is 22.5 Å². The third kappa shape index (κ3) is 9.51. The Morgan fingerprint density at radius 2 is 1.47 bits per heavy atom. The first-order chi connectivity index (χ1) is 20.3. The van der Waals surface area contributed by atoms with Crippen LogP contribution in [0.2, 0.25) is 0 Å². The number of nitrogens with zero attached hydrogens (tertiary/aromatic N) is 1. The van der Waals surface area contributed by atoms with Crippen LogP contribution in [0.5, 0.6) is 17.2 Å². The summed E-state index contributed by atoms with van der Waals surface area (Å²) in [6.07, 6.45) is 2.04. The number of hydrogen-bond donors (Lipinski definition) is 1. The zero-order valence-electron chi connectivity index (χ0n) is 24.1. The standard InChI is InChI=1S/C34H34N2O4S2.ClH/c1-26-33(35-42(2,37)38)12-7-13-34(26)36(23-27-8-4-3-5-9-27)24-28-14-16-30(17-15-28)40-32-11-6-10-31(22-32)39-20-18-29-19-21-41-25-29;/h3-17,19,21-22,25,35H,18,20,23-24H2,1-2H3;1H. The number of benzene rings is 4. The maximum atomic E-state index is 11.9. The fourth-order valence-electron chi connectivity index (χ4n) is 4.67. The van der Waals surface area contributed by atoms with Crippen molar-refractivity contribution in [3.8, 4) is 17.2 Å². The van der Waals surface area contributed by atoms with E-state index in [2.05, 4.69) is 50.7 Å². The van der Waals surface area contributed by atoms with Crippen LogP contribution in [0.1, 0.15) is 22.3 Å². The summed E-state index contributed by atoms with van der Waals surface area (Å²) in [5.41, 5.74) is 5.96. The lowest BCUT2D eigenvalue weighted by atomic mass is 10.1. The molecule has 0 aliphatic rings. The fraction of sp³-hybridized carbons (Fsp3) is 0.176. The molecule has 0 saturated heterocycles. The van der Waals surface area contributed by atoms with Gasteiger partial charge < -0.3 is 14.4 Å². The lowest BCUT2D eigenvalue weighted by Crippen LogP contribution is -2.23. The van der Waals surface area contributed by atoms with Gasteiger partial charge in [-0.05, 0) is 82.4 Å². The van der Waals surface area contributed by atoms with Gasteiger partial charge in [0, 0.05) is 31.3 Å².